The number of hydrogen-bond acceptors (Lipinski definition) is 4. The molecule has 3 aromatic rings. The molecular weight excluding hydrogens is 447 g/mol. The predicted octanol–water partition coefficient (Wildman–Crippen LogP) is 5.19. The average molecular weight is 465 g/mol. The highest BCUT2D eigenvalue weighted by Crippen LogP contribution is 2.34. The third-order valence-corrected chi connectivity index (χ3v) is 5.95. The zero-order valence-electron chi connectivity index (χ0n) is 15.9. The van der Waals surface area contributed by atoms with Crippen LogP contribution in [0, 0.1) is 0 Å². The van der Waals surface area contributed by atoms with Crippen LogP contribution in [0.5, 0.6) is 11.5 Å². The second kappa shape index (κ2) is 9.38. The zero-order chi connectivity index (χ0) is 21.7. The Balaban J connectivity index is 1.83. The molecule has 0 radical (unpaired) electrons. The molecule has 0 bridgehead atoms. The van der Waals surface area contributed by atoms with Gasteiger partial charge in [-0.2, -0.15) is 0 Å². The minimum atomic E-state index is -3.81. The molecule has 30 heavy (non-hydrogen) atoms. The number of carbonyl (C=O) groups excluding carboxylic acids is 1. The maximum atomic E-state index is 12.7. The van der Waals surface area contributed by atoms with Gasteiger partial charge in [-0.25, -0.2) is 8.42 Å². The lowest BCUT2D eigenvalue weighted by atomic mass is 10.2. The fourth-order valence-electron chi connectivity index (χ4n) is 2.66. The summed E-state index contributed by atoms with van der Waals surface area (Å²) < 4.78 is 31.3. The molecule has 0 saturated carbocycles. The first-order chi connectivity index (χ1) is 14.3. The highest BCUT2D eigenvalue weighted by molar-refractivity contribution is 7.92. The summed E-state index contributed by atoms with van der Waals surface area (Å²) >= 11 is 12.2. The van der Waals surface area contributed by atoms with Crippen molar-refractivity contribution in [3.8, 4) is 11.5 Å². The zero-order valence-corrected chi connectivity index (χ0v) is 18.2. The van der Waals surface area contributed by atoms with Gasteiger partial charge in [0.05, 0.1) is 27.7 Å². The maximum Gasteiger partial charge on any atom is 0.245 e. The van der Waals surface area contributed by atoms with Gasteiger partial charge in [0.2, 0.25) is 15.9 Å². The van der Waals surface area contributed by atoms with Crippen molar-refractivity contribution < 1.29 is 17.9 Å². The average Bonchev–Trinajstić information content (AvgIpc) is 2.70. The molecule has 0 fully saturated rings. The van der Waals surface area contributed by atoms with Gasteiger partial charge >= 0.3 is 0 Å². The molecule has 3 rings (SSSR count). The third-order valence-electron chi connectivity index (χ3n) is 4.02. The van der Waals surface area contributed by atoms with Crippen molar-refractivity contribution in [2.75, 3.05) is 22.4 Å². The second-order valence-corrected chi connectivity index (χ2v) is 8.99. The topological polar surface area (TPSA) is 75.7 Å². The van der Waals surface area contributed by atoms with E-state index in [1.165, 1.54) is 12.1 Å². The second-order valence-electron chi connectivity index (χ2n) is 6.30. The number of amides is 1. The molecule has 0 atom stereocenters. The Kier molecular flexibility index (Phi) is 6.87. The summed E-state index contributed by atoms with van der Waals surface area (Å²) in [7, 11) is -3.81. The quantitative estimate of drug-likeness (QED) is 0.521. The molecule has 3 aromatic carbocycles. The van der Waals surface area contributed by atoms with Gasteiger partial charge in [-0.3, -0.25) is 9.10 Å². The van der Waals surface area contributed by atoms with Crippen LogP contribution in [-0.2, 0) is 14.8 Å². The molecule has 0 aromatic heterocycles. The summed E-state index contributed by atoms with van der Waals surface area (Å²) in [5.74, 6) is 0.451. The van der Waals surface area contributed by atoms with Crippen LogP contribution in [0.4, 0.5) is 11.4 Å². The molecule has 0 heterocycles. The van der Waals surface area contributed by atoms with E-state index in [4.69, 9.17) is 27.9 Å². The molecule has 9 heteroatoms. The van der Waals surface area contributed by atoms with E-state index >= 15 is 0 Å². The number of sulfonamides is 1. The number of halogens is 2. The van der Waals surface area contributed by atoms with Gasteiger partial charge in [0.15, 0.2) is 5.75 Å². The monoisotopic (exact) mass is 464 g/mol. The van der Waals surface area contributed by atoms with Crippen molar-refractivity contribution in [2.45, 2.75) is 0 Å². The Morgan fingerprint density at radius 2 is 1.63 bits per heavy atom. The Morgan fingerprint density at radius 3 is 2.33 bits per heavy atom. The van der Waals surface area contributed by atoms with Gasteiger partial charge in [-0.15, -0.1) is 0 Å². The smallest absolute Gasteiger partial charge is 0.245 e. The van der Waals surface area contributed by atoms with Crippen molar-refractivity contribution >= 4 is 50.5 Å². The lowest BCUT2D eigenvalue weighted by Gasteiger charge is -2.23. The van der Waals surface area contributed by atoms with Crippen LogP contribution in [-0.4, -0.2) is 27.1 Å². The van der Waals surface area contributed by atoms with E-state index in [1.54, 1.807) is 42.5 Å². The molecule has 0 aliphatic heterocycles. The van der Waals surface area contributed by atoms with Gasteiger partial charge in [0.1, 0.15) is 12.3 Å². The summed E-state index contributed by atoms with van der Waals surface area (Å²) in [5.41, 5.74) is 0.521. The highest BCUT2D eigenvalue weighted by atomic mass is 35.5. The van der Waals surface area contributed by atoms with Crippen molar-refractivity contribution in [1.29, 1.82) is 0 Å². The normalized spacial score (nSPS) is 11.0. The number of rotatable bonds is 7. The standard InChI is InChI=1S/C21H18Cl2N2O4S/c1-30(27,28)25(18-12-7-10-16(22)21(18)23)14-20(26)24-17-11-5-6-13-19(17)29-15-8-3-2-4-9-15/h2-13H,14H2,1H3,(H,24,26). The summed E-state index contributed by atoms with van der Waals surface area (Å²) in [5, 5.41) is 2.92. The Labute approximate surface area is 185 Å². The largest absolute Gasteiger partial charge is 0.455 e. The van der Waals surface area contributed by atoms with Crippen molar-refractivity contribution in [3.63, 3.8) is 0 Å². The summed E-state index contributed by atoms with van der Waals surface area (Å²) in [6.07, 6.45) is 0.990. The molecule has 0 aliphatic rings. The van der Waals surface area contributed by atoms with E-state index in [9.17, 15) is 13.2 Å². The number of ether oxygens (including phenoxy) is 1. The number of carbonyl (C=O) groups is 1. The molecule has 1 N–H and O–H groups in total. The van der Waals surface area contributed by atoms with Gasteiger partial charge in [-0.1, -0.05) is 59.6 Å². The summed E-state index contributed by atoms with van der Waals surface area (Å²) in [6.45, 7) is -0.488. The highest BCUT2D eigenvalue weighted by Gasteiger charge is 2.24. The van der Waals surface area contributed by atoms with Crippen molar-refractivity contribution in [2.24, 2.45) is 0 Å². The van der Waals surface area contributed by atoms with E-state index in [0.717, 1.165) is 10.6 Å². The first kappa shape index (κ1) is 22.0. The van der Waals surface area contributed by atoms with Crippen LogP contribution in [0.1, 0.15) is 0 Å². The number of benzene rings is 3. The van der Waals surface area contributed by atoms with Gasteiger partial charge in [0, 0.05) is 0 Å². The fourth-order valence-corrected chi connectivity index (χ4v) is 3.97. The van der Waals surface area contributed by atoms with Crippen LogP contribution in [0.15, 0.2) is 72.8 Å². The van der Waals surface area contributed by atoms with Crippen LogP contribution >= 0.6 is 23.2 Å². The van der Waals surface area contributed by atoms with E-state index < -0.39 is 22.5 Å². The molecule has 0 saturated heterocycles. The molecular formula is C21H18Cl2N2O4S. The number of para-hydroxylation sites is 3. The lowest BCUT2D eigenvalue weighted by Crippen LogP contribution is -2.37. The molecule has 156 valence electrons. The SMILES string of the molecule is CS(=O)(=O)N(CC(=O)Nc1ccccc1Oc1ccccc1)c1cccc(Cl)c1Cl. The first-order valence-corrected chi connectivity index (χ1v) is 11.4. The van der Waals surface area contributed by atoms with E-state index in [0.29, 0.717) is 17.2 Å². The minimum absolute atomic E-state index is 0.0465. The van der Waals surface area contributed by atoms with Gasteiger partial charge in [0.25, 0.3) is 0 Å². The maximum absolute atomic E-state index is 12.7. The molecule has 0 spiro atoms. The lowest BCUT2D eigenvalue weighted by molar-refractivity contribution is -0.114. The van der Waals surface area contributed by atoms with Gasteiger partial charge in [-0.05, 0) is 36.4 Å². The van der Waals surface area contributed by atoms with Crippen molar-refractivity contribution in [3.05, 3.63) is 82.8 Å². The predicted molar refractivity (Wildman–Crippen MR) is 120 cm³/mol. The van der Waals surface area contributed by atoms with E-state index in [2.05, 4.69) is 5.32 Å². The number of anilines is 2. The molecule has 6 nitrogen and oxygen atoms in total. The van der Waals surface area contributed by atoms with Gasteiger partial charge < -0.3 is 10.1 Å². The van der Waals surface area contributed by atoms with Crippen LogP contribution in [0.2, 0.25) is 10.0 Å². The summed E-state index contributed by atoms with van der Waals surface area (Å²) in [6, 6.07) is 20.5. The Bertz CT molecular complexity index is 1150. The summed E-state index contributed by atoms with van der Waals surface area (Å²) in [4.78, 5) is 12.7. The molecule has 0 unspecified atom stereocenters. The Hall–Kier alpha value is -2.74. The number of hydrogen-bond donors (Lipinski definition) is 1. The van der Waals surface area contributed by atoms with Crippen LogP contribution in [0.3, 0.4) is 0 Å². The number of nitrogens with zero attached hydrogens (tertiary/aromatic N) is 1. The third kappa shape index (κ3) is 5.44. The first-order valence-electron chi connectivity index (χ1n) is 8.79. The van der Waals surface area contributed by atoms with E-state index in [-0.39, 0.29) is 15.7 Å². The molecule has 0 aliphatic carbocycles. The van der Waals surface area contributed by atoms with Crippen molar-refractivity contribution in [1.82, 2.24) is 0 Å². The Morgan fingerprint density at radius 1 is 0.967 bits per heavy atom. The fraction of sp³-hybridized carbons (Fsp3) is 0.0952. The van der Waals surface area contributed by atoms with Crippen LogP contribution < -0.4 is 14.4 Å². The van der Waals surface area contributed by atoms with Crippen LogP contribution in [0.25, 0.3) is 0 Å². The number of nitrogens with one attached hydrogen (secondary N) is 1. The molecule has 1 amide bonds. The minimum Gasteiger partial charge on any atom is -0.455 e. The van der Waals surface area contributed by atoms with E-state index in [1.807, 2.05) is 18.2 Å².